The van der Waals surface area contributed by atoms with Crippen molar-refractivity contribution in [1.29, 1.82) is 0 Å². The summed E-state index contributed by atoms with van der Waals surface area (Å²) in [6.07, 6.45) is 1.79. The van der Waals surface area contributed by atoms with Gasteiger partial charge in [-0.15, -0.1) is 0 Å². The fourth-order valence-corrected chi connectivity index (χ4v) is 1.55. The highest BCUT2D eigenvalue weighted by atomic mass is 16.5. The molecule has 0 saturated carbocycles. The molecule has 90 valence electrons. The van der Waals surface area contributed by atoms with Gasteiger partial charge in [0.2, 0.25) is 0 Å². The highest BCUT2D eigenvalue weighted by Crippen LogP contribution is 2.24. The van der Waals surface area contributed by atoms with Gasteiger partial charge in [-0.1, -0.05) is 0 Å². The van der Waals surface area contributed by atoms with Crippen LogP contribution in [-0.4, -0.2) is 26.7 Å². The molecule has 1 heterocycles. The van der Waals surface area contributed by atoms with E-state index in [1.807, 2.05) is 6.07 Å². The first kappa shape index (κ1) is 12.7. The van der Waals surface area contributed by atoms with Crippen LogP contribution in [0, 0.1) is 0 Å². The van der Waals surface area contributed by atoms with Gasteiger partial charge in [-0.3, -0.25) is 4.79 Å². The summed E-state index contributed by atoms with van der Waals surface area (Å²) in [5.74, 6) is 0.248. The van der Waals surface area contributed by atoms with Crippen LogP contribution in [0.1, 0.15) is 23.7 Å². The van der Waals surface area contributed by atoms with Crippen LogP contribution >= 0.6 is 0 Å². The molecule has 1 atom stereocenters. The van der Waals surface area contributed by atoms with Crippen LogP contribution in [0.2, 0.25) is 0 Å². The first-order valence-electron chi connectivity index (χ1n) is 5.05. The summed E-state index contributed by atoms with van der Waals surface area (Å²) in [6, 6.07) is 1.82. The number of nitrogens with two attached hydrogens (primary N) is 1. The number of carbonyl (C=O) groups is 1. The number of furan rings is 1. The standard InChI is InChI=1S/C11H17NO4/c1-14-7-8-3-4-16-11(8)9(6-12)5-10(13)15-2/h3-4,9H,5-7,12H2,1-2H3. The predicted octanol–water partition coefficient (Wildman–Crippen LogP) is 1.03. The predicted molar refractivity (Wildman–Crippen MR) is 57.8 cm³/mol. The Labute approximate surface area is 94.5 Å². The largest absolute Gasteiger partial charge is 0.469 e. The zero-order valence-electron chi connectivity index (χ0n) is 9.56. The lowest BCUT2D eigenvalue weighted by Gasteiger charge is -2.12. The molecule has 1 aromatic rings. The molecular formula is C11H17NO4. The maximum Gasteiger partial charge on any atom is 0.306 e. The van der Waals surface area contributed by atoms with E-state index in [-0.39, 0.29) is 18.3 Å². The minimum atomic E-state index is -0.296. The van der Waals surface area contributed by atoms with Crippen molar-refractivity contribution in [1.82, 2.24) is 0 Å². The number of rotatable bonds is 6. The molecule has 16 heavy (non-hydrogen) atoms. The van der Waals surface area contributed by atoms with E-state index in [0.717, 1.165) is 5.56 Å². The van der Waals surface area contributed by atoms with Crippen LogP contribution < -0.4 is 5.73 Å². The fraction of sp³-hybridized carbons (Fsp3) is 0.545. The summed E-state index contributed by atoms with van der Waals surface area (Å²) in [4.78, 5) is 11.2. The van der Waals surface area contributed by atoms with Gasteiger partial charge in [0.15, 0.2) is 0 Å². The van der Waals surface area contributed by atoms with Gasteiger partial charge in [0.1, 0.15) is 5.76 Å². The van der Waals surface area contributed by atoms with Gasteiger partial charge in [-0.25, -0.2) is 0 Å². The second-order valence-corrected chi connectivity index (χ2v) is 3.46. The number of hydrogen-bond acceptors (Lipinski definition) is 5. The summed E-state index contributed by atoms with van der Waals surface area (Å²) < 4.78 is 15.0. The first-order chi connectivity index (χ1) is 7.72. The van der Waals surface area contributed by atoms with Crippen LogP contribution in [0.4, 0.5) is 0 Å². The molecule has 0 spiro atoms. The Morgan fingerprint density at radius 1 is 1.56 bits per heavy atom. The molecule has 0 aliphatic rings. The quantitative estimate of drug-likeness (QED) is 0.735. The van der Waals surface area contributed by atoms with Gasteiger partial charge in [0.25, 0.3) is 0 Å². The number of carbonyl (C=O) groups excluding carboxylic acids is 1. The summed E-state index contributed by atoms with van der Waals surface area (Å²) in [7, 11) is 2.96. The van der Waals surface area contributed by atoms with Gasteiger partial charge in [0.05, 0.1) is 26.4 Å². The number of ether oxygens (including phenoxy) is 2. The molecule has 5 heteroatoms. The molecule has 0 fully saturated rings. The molecule has 2 N–H and O–H groups in total. The van der Waals surface area contributed by atoms with Crippen molar-refractivity contribution in [3.63, 3.8) is 0 Å². The lowest BCUT2D eigenvalue weighted by molar-refractivity contribution is -0.141. The first-order valence-corrected chi connectivity index (χ1v) is 5.05. The highest BCUT2D eigenvalue weighted by molar-refractivity contribution is 5.70. The average molecular weight is 227 g/mol. The molecule has 1 unspecified atom stereocenters. The molecule has 0 bridgehead atoms. The van der Waals surface area contributed by atoms with Gasteiger partial charge < -0.3 is 19.6 Å². The zero-order chi connectivity index (χ0) is 12.0. The second kappa shape index (κ2) is 6.30. The number of hydrogen-bond donors (Lipinski definition) is 1. The lowest BCUT2D eigenvalue weighted by atomic mass is 9.99. The Kier molecular flexibility index (Phi) is 5.01. The van der Waals surface area contributed by atoms with Crippen molar-refractivity contribution in [2.24, 2.45) is 5.73 Å². The van der Waals surface area contributed by atoms with Crippen molar-refractivity contribution >= 4 is 5.97 Å². The van der Waals surface area contributed by atoms with E-state index in [1.54, 1.807) is 13.4 Å². The minimum absolute atomic E-state index is 0.160. The topological polar surface area (TPSA) is 74.7 Å². The van der Waals surface area contributed by atoms with E-state index in [2.05, 4.69) is 4.74 Å². The van der Waals surface area contributed by atoms with E-state index >= 15 is 0 Å². The molecule has 0 aliphatic heterocycles. The number of esters is 1. The molecule has 1 rings (SSSR count). The van der Waals surface area contributed by atoms with Crippen molar-refractivity contribution in [2.45, 2.75) is 18.9 Å². The normalized spacial score (nSPS) is 12.4. The van der Waals surface area contributed by atoms with Gasteiger partial charge in [-0.2, -0.15) is 0 Å². The van der Waals surface area contributed by atoms with Crippen molar-refractivity contribution in [2.75, 3.05) is 20.8 Å². The molecule has 0 radical (unpaired) electrons. The molecule has 0 aliphatic carbocycles. The third-order valence-electron chi connectivity index (χ3n) is 2.38. The van der Waals surface area contributed by atoms with Crippen LogP contribution in [0.5, 0.6) is 0 Å². The molecule has 0 saturated heterocycles. The monoisotopic (exact) mass is 227 g/mol. The number of methoxy groups -OCH3 is 2. The Morgan fingerprint density at radius 2 is 2.31 bits per heavy atom. The summed E-state index contributed by atoms with van der Waals surface area (Å²) in [6.45, 7) is 0.781. The van der Waals surface area contributed by atoms with Crippen LogP contribution in [0.15, 0.2) is 16.7 Å². The third kappa shape index (κ3) is 3.08. The Morgan fingerprint density at radius 3 is 2.88 bits per heavy atom. The van der Waals surface area contributed by atoms with E-state index in [9.17, 15) is 4.79 Å². The zero-order valence-corrected chi connectivity index (χ0v) is 9.56. The van der Waals surface area contributed by atoms with Gasteiger partial charge in [0, 0.05) is 25.1 Å². The van der Waals surface area contributed by atoms with Crippen molar-refractivity contribution < 1.29 is 18.7 Å². The SMILES string of the molecule is COCc1ccoc1C(CN)CC(=O)OC. The second-order valence-electron chi connectivity index (χ2n) is 3.46. The van der Waals surface area contributed by atoms with E-state index in [0.29, 0.717) is 18.9 Å². The van der Waals surface area contributed by atoms with Crippen LogP contribution in [0.25, 0.3) is 0 Å². The lowest BCUT2D eigenvalue weighted by Crippen LogP contribution is -2.18. The Balaban J connectivity index is 2.77. The maximum absolute atomic E-state index is 11.2. The molecular weight excluding hydrogens is 210 g/mol. The third-order valence-corrected chi connectivity index (χ3v) is 2.38. The van der Waals surface area contributed by atoms with Crippen molar-refractivity contribution in [3.05, 3.63) is 23.7 Å². The fourth-order valence-electron chi connectivity index (χ4n) is 1.55. The van der Waals surface area contributed by atoms with E-state index in [1.165, 1.54) is 7.11 Å². The Bertz CT molecular complexity index is 334. The van der Waals surface area contributed by atoms with Crippen LogP contribution in [0.3, 0.4) is 0 Å². The van der Waals surface area contributed by atoms with Gasteiger partial charge in [-0.05, 0) is 6.07 Å². The molecule has 1 aromatic heterocycles. The summed E-state index contributed by atoms with van der Waals surface area (Å²) in [5, 5.41) is 0. The maximum atomic E-state index is 11.2. The van der Waals surface area contributed by atoms with E-state index in [4.69, 9.17) is 14.9 Å². The van der Waals surface area contributed by atoms with Crippen molar-refractivity contribution in [3.8, 4) is 0 Å². The smallest absolute Gasteiger partial charge is 0.306 e. The van der Waals surface area contributed by atoms with Gasteiger partial charge >= 0.3 is 5.97 Å². The molecule has 0 amide bonds. The Hall–Kier alpha value is -1.33. The summed E-state index contributed by atoms with van der Waals surface area (Å²) >= 11 is 0. The summed E-state index contributed by atoms with van der Waals surface area (Å²) in [5.41, 5.74) is 6.54. The highest BCUT2D eigenvalue weighted by Gasteiger charge is 2.21. The molecule has 0 aromatic carbocycles. The minimum Gasteiger partial charge on any atom is -0.469 e. The molecule has 5 nitrogen and oxygen atoms in total. The van der Waals surface area contributed by atoms with Crippen LogP contribution in [-0.2, 0) is 20.9 Å². The average Bonchev–Trinajstić information content (AvgIpc) is 2.74. The van der Waals surface area contributed by atoms with E-state index < -0.39 is 0 Å².